The van der Waals surface area contributed by atoms with Crippen LogP contribution in [0.25, 0.3) is 0 Å². The Balaban J connectivity index is 1.68. The summed E-state index contributed by atoms with van der Waals surface area (Å²) < 4.78 is 0.748. The van der Waals surface area contributed by atoms with Crippen LogP contribution in [-0.2, 0) is 0 Å². The van der Waals surface area contributed by atoms with Gasteiger partial charge in [-0.05, 0) is 44.9 Å². The summed E-state index contributed by atoms with van der Waals surface area (Å²) >= 11 is 2.55. The van der Waals surface area contributed by atoms with Crippen LogP contribution < -0.4 is 20.8 Å². The number of nitrogens with one attached hydrogen (secondary N) is 4. The molecule has 3 fully saturated rings. The first-order chi connectivity index (χ1) is 14.3. The fraction of sp³-hybridized carbons (Fsp3) is 0.950. The van der Waals surface area contributed by atoms with Crippen molar-refractivity contribution in [3.8, 4) is 0 Å². The largest absolute Gasteiger partial charge is 0.600 e. The fourth-order valence-corrected chi connectivity index (χ4v) is 6.18. The molecule has 3 aliphatic rings. The summed E-state index contributed by atoms with van der Waals surface area (Å²) in [5.74, 6) is 1.22. The quantitative estimate of drug-likeness (QED) is 0.108. The van der Waals surface area contributed by atoms with Crippen LogP contribution in [0.1, 0.15) is 64.7 Å². The third-order valence-electron chi connectivity index (χ3n) is 7.31. The molecule has 174 valence electrons. The van der Waals surface area contributed by atoms with Crippen molar-refractivity contribution in [3.05, 3.63) is 10.4 Å². The first kappa shape index (κ1) is 24.6. The van der Waals surface area contributed by atoms with Gasteiger partial charge in [0.25, 0.3) is 0 Å². The van der Waals surface area contributed by atoms with Crippen LogP contribution >= 0.6 is 22.6 Å². The van der Waals surface area contributed by atoms with Crippen LogP contribution in [0.3, 0.4) is 0 Å². The molecular formula is C20H39IN5O4+. The second-order valence-corrected chi connectivity index (χ2v) is 11.5. The lowest BCUT2D eigenvalue weighted by atomic mass is 9.85. The number of halogens is 1. The van der Waals surface area contributed by atoms with E-state index in [0.29, 0.717) is 18.8 Å². The summed E-state index contributed by atoms with van der Waals surface area (Å²) in [6.45, 7) is 5.64. The lowest BCUT2D eigenvalue weighted by Gasteiger charge is -2.39. The van der Waals surface area contributed by atoms with E-state index < -0.39 is 22.5 Å². The van der Waals surface area contributed by atoms with Gasteiger partial charge in [0.15, 0.2) is 0 Å². The Morgan fingerprint density at radius 2 is 1.83 bits per heavy atom. The minimum Gasteiger partial charge on any atom is -0.600 e. The van der Waals surface area contributed by atoms with Crippen LogP contribution in [0.15, 0.2) is 5.10 Å². The molecule has 0 aromatic rings. The van der Waals surface area contributed by atoms with Crippen molar-refractivity contribution >= 4 is 28.3 Å². The minimum atomic E-state index is -0.920. The van der Waals surface area contributed by atoms with Crippen LogP contribution in [0.2, 0.25) is 0 Å². The molecule has 0 aromatic carbocycles. The SMILES string of the molecule is CC1CCC[NH+](CC(=NNC2CCC([NH+]([O-])O)CC2[NH+]([O-])O)C2CCC(I)CC2)C1. The van der Waals surface area contributed by atoms with Crippen molar-refractivity contribution in [3.63, 3.8) is 0 Å². The number of piperidine rings is 1. The molecule has 2 saturated carbocycles. The first-order valence-corrected chi connectivity index (χ1v) is 12.8. The second-order valence-electron chi connectivity index (χ2n) is 9.71. The zero-order valence-electron chi connectivity index (χ0n) is 18.0. The third kappa shape index (κ3) is 6.96. The van der Waals surface area contributed by atoms with Gasteiger partial charge < -0.3 is 20.7 Å². The molecule has 0 bridgehead atoms. The summed E-state index contributed by atoms with van der Waals surface area (Å²) in [7, 11) is 0. The number of hydrogen-bond donors (Lipinski definition) is 6. The molecule has 1 saturated heterocycles. The molecule has 30 heavy (non-hydrogen) atoms. The van der Waals surface area contributed by atoms with E-state index in [-0.39, 0.29) is 12.5 Å². The van der Waals surface area contributed by atoms with Crippen molar-refractivity contribution in [1.29, 1.82) is 0 Å². The van der Waals surface area contributed by atoms with Crippen molar-refractivity contribution in [2.24, 2.45) is 16.9 Å². The first-order valence-electron chi connectivity index (χ1n) is 11.6. The summed E-state index contributed by atoms with van der Waals surface area (Å²) in [5.41, 5.74) is 4.42. The van der Waals surface area contributed by atoms with Gasteiger partial charge in [-0.25, -0.2) is 20.9 Å². The number of hydroxylamine groups is 4. The molecule has 0 radical (unpaired) electrons. The lowest BCUT2D eigenvalue weighted by Crippen LogP contribution is -3.15. The maximum Gasteiger partial charge on any atom is 0.144 e. The normalized spacial score (nSPS) is 40.6. The molecule has 0 amide bonds. The molecular weight excluding hydrogens is 501 g/mol. The molecule has 9 nitrogen and oxygen atoms in total. The summed E-state index contributed by atoms with van der Waals surface area (Å²) in [4.78, 5) is 1.59. The van der Waals surface area contributed by atoms with E-state index in [2.05, 4.69) is 34.9 Å². The zero-order valence-corrected chi connectivity index (χ0v) is 20.1. The van der Waals surface area contributed by atoms with E-state index in [9.17, 15) is 20.8 Å². The summed E-state index contributed by atoms with van der Waals surface area (Å²) in [6.07, 6.45) is 8.56. The lowest BCUT2D eigenvalue weighted by molar-refractivity contribution is -1.09. The number of nitrogens with zero attached hydrogens (tertiary/aromatic N) is 1. The number of hydrogen-bond acceptors (Lipinski definition) is 6. The highest BCUT2D eigenvalue weighted by Crippen LogP contribution is 2.30. The van der Waals surface area contributed by atoms with Gasteiger partial charge >= 0.3 is 0 Å². The molecule has 1 heterocycles. The van der Waals surface area contributed by atoms with Crippen molar-refractivity contribution in [1.82, 2.24) is 5.43 Å². The van der Waals surface area contributed by atoms with Gasteiger partial charge in [-0.2, -0.15) is 5.10 Å². The van der Waals surface area contributed by atoms with Crippen molar-refractivity contribution in [2.75, 3.05) is 19.6 Å². The Hall–Kier alpha value is -0.0800. The Morgan fingerprint density at radius 1 is 1.10 bits per heavy atom. The van der Waals surface area contributed by atoms with Gasteiger partial charge in [0.2, 0.25) is 0 Å². The van der Waals surface area contributed by atoms with Crippen LogP contribution in [0.4, 0.5) is 0 Å². The Kier molecular flexibility index (Phi) is 9.57. The zero-order chi connectivity index (χ0) is 21.7. The highest BCUT2D eigenvalue weighted by molar-refractivity contribution is 14.1. The number of rotatable bonds is 7. The molecule has 6 N–H and O–H groups in total. The number of likely N-dealkylation sites (tertiary alicyclic amines) is 1. The predicted molar refractivity (Wildman–Crippen MR) is 122 cm³/mol. The second kappa shape index (κ2) is 11.7. The topological polar surface area (TPSA) is 124 Å². The van der Waals surface area contributed by atoms with E-state index >= 15 is 0 Å². The molecule has 7 atom stereocenters. The Morgan fingerprint density at radius 3 is 2.47 bits per heavy atom. The van der Waals surface area contributed by atoms with Gasteiger partial charge in [0, 0.05) is 22.2 Å². The van der Waals surface area contributed by atoms with Crippen LogP contribution in [0, 0.1) is 22.3 Å². The van der Waals surface area contributed by atoms with E-state index in [0.717, 1.165) is 29.2 Å². The average Bonchev–Trinajstić information content (AvgIpc) is 2.71. The molecule has 3 rings (SSSR count). The summed E-state index contributed by atoms with van der Waals surface area (Å²) in [6, 6.07) is -1.55. The molecule has 2 aliphatic carbocycles. The fourth-order valence-electron chi connectivity index (χ4n) is 5.46. The highest BCUT2D eigenvalue weighted by Gasteiger charge is 2.38. The maximum absolute atomic E-state index is 11.8. The predicted octanol–water partition coefficient (Wildman–Crippen LogP) is -0.926. The van der Waals surface area contributed by atoms with Gasteiger partial charge in [-0.3, -0.25) is 0 Å². The highest BCUT2D eigenvalue weighted by atomic mass is 127. The number of hydrazone groups is 1. The standard InChI is InChI=1S/C20H38IN5O4/c1-14-3-2-10-24(12-14)13-19(15-4-6-16(21)7-5-15)23-22-18-9-8-17(25(27)28)11-20(18)26(29)30/h14-18,20,22,25-27,29H,2-13H2,1H3/p+1. The summed E-state index contributed by atoms with van der Waals surface area (Å²) in [5, 5.41) is 45.1. The Bertz CT molecular complexity index is 559. The third-order valence-corrected chi connectivity index (χ3v) is 8.56. The molecule has 1 aliphatic heterocycles. The van der Waals surface area contributed by atoms with E-state index in [1.165, 1.54) is 44.5 Å². The van der Waals surface area contributed by atoms with Crippen molar-refractivity contribution < 1.29 is 25.8 Å². The molecule has 7 unspecified atom stereocenters. The van der Waals surface area contributed by atoms with Crippen molar-refractivity contribution in [2.45, 2.75) is 86.8 Å². The number of alkyl halides is 1. The molecule has 0 aromatic heterocycles. The van der Waals surface area contributed by atoms with Gasteiger partial charge in [0.1, 0.15) is 18.6 Å². The van der Waals surface area contributed by atoms with E-state index in [1.54, 1.807) is 4.90 Å². The van der Waals surface area contributed by atoms with Crippen LogP contribution in [0.5, 0.6) is 0 Å². The minimum absolute atomic E-state index is 0.183. The molecule has 0 spiro atoms. The monoisotopic (exact) mass is 540 g/mol. The average molecular weight is 540 g/mol. The van der Waals surface area contributed by atoms with Gasteiger partial charge in [0.05, 0.1) is 31.3 Å². The smallest absolute Gasteiger partial charge is 0.144 e. The van der Waals surface area contributed by atoms with Crippen LogP contribution in [-0.4, -0.2) is 57.8 Å². The maximum atomic E-state index is 11.8. The number of quaternary nitrogens is 3. The van der Waals surface area contributed by atoms with Gasteiger partial charge in [-0.15, -0.1) is 0 Å². The van der Waals surface area contributed by atoms with Gasteiger partial charge in [-0.1, -0.05) is 29.5 Å². The molecule has 10 heteroatoms. The Labute approximate surface area is 193 Å². The van der Waals surface area contributed by atoms with E-state index in [4.69, 9.17) is 5.10 Å². The van der Waals surface area contributed by atoms with E-state index in [1.807, 2.05) is 0 Å².